The van der Waals surface area contributed by atoms with E-state index in [9.17, 15) is 0 Å². The smallest absolute Gasteiger partial charge is 0.0355 e. The summed E-state index contributed by atoms with van der Waals surface area (Å²) in [5.74, 6) is 0. The van der Waals surface area contributed by atoms with Crippen LogP contribution in [-0.4, -0.2) is 0 Å². The van der Waals surface area contributed by atoms with Gasteiger partial charge in [0.25, 0.3) is 0 Å². The molecule has 2 heteroatoms. The van der Waals surface area contributed by atoms with Gasteiger partial charge >= 0.3 is 0 Å². The third-order valence-corrected chi connectivity index (χ3v) is 13.3. The largest absolute Gasteiger partial charge is 0.135 e. The number of benzene rings is 9. The minimum atomic E-state index is 0.934. The first kappa shape index (κ1) is 30.0. The fourth-order valence-corrected chi connectivity index (χ4v) is 10.5. The molecule has 0 bridgehead atoms. The molecule has 2 heterocycles. The molecule has 1 aromatic heterocycles. The summed E-state index contributed by atoms with van der Waals surface area (Å²) < 4.78 is 2.68. The molecule has 9 aromatic carbocycles. The Balaban J connectivity index is 0.953. The van der Waals surface area contributed by atoms with E-state index in [4.69, 9.17) is 0 Å². The zero-order valence-electron chi connectivity index (χ0n) is 28.6. The lowest BCUT2D eigenvalue weighted by molar-refractivity contribution is 1.06. The van der Waals surface area contributed by atoms with E-state index in [-0.39, 0.29) is 0 Å². The Hall–Kier alpha value is -5.67. The summed E-state index contributed by atoms with van der Waals surface area (Å²) in [6.07, 6.45) is 0.934. The Morgan fingerprint density at radius 3 is 1.35 bits per heavy atom. The maximum Gasteiger partial charge on any atom is 0.0355 e. The fraction of sp³-hybridized carbons (Fsp3) is 0.0400. The second kappa shape index (κ2) is 11.7. The van der Waals surface area contributed by atoms with E-state index in [1.165, 1.54) is 112 Å². The van der Waals surface area contributed by atoms with Gasteiger partial charge in [0.15, 0.2) is 0 Å². The van der Waals surface area contributed by atoms with Crippen LogP contribution in [0.25, 0.3) is 85.9 Å². The zero-order valence-corrected chi connectivity index (χ0v) is 30.2. The quantitative estimate of drug-likeness (QED) is 0.166. The van der Waals surface area contributed by atoms with Gasteiger partial charge in [0.05, 0.1) is 0 Å². The lowest BCUT2D eigenvalue weighted by atomic mass is 9.91. The van der Waals surface area contributed by atoms with Gasteiger partial charge in [-0.3, -0.25) is 0 Å². The minimum absolute atomic E-state index is 0.934. The van der Waals surface area contributed by atoms with Crippen molar-refractivity contribution in [3.8, 4) is 33.4 Å². The van der Waals surface area contributed by atoms with Gasteiger partial charge in [0.1, 0.15) is 0 Å². The summed E-state index contributed by atoms with van der Waals surface area (Å²) in [6.45, 7) is 2.16. The van der Waals surface area contributed by atoms with Crippen molar-refractivity contribution < 1.29 is 0 Å². The van der Waals surface area contributed by atoms with Crippen LogP contribution >= 0.6 is 23.1 Å². The SMILES string of the molecule is Cc1cccc(-c2ccc3sc4ccc(-c5ccc6c(c5)Cc5cc(-c7ccc8c9ccccc9c9ccccc9c8c7)ccc5S6)cc4c3c2)c1. The van der Waals surface area contributed by atoms with Crippen molar-refractivity contribution in [1.29, 1.82) is 0 Å². The van der Waals surface area contributed by atoms with Gasteiger partial charge in [-0.1, -0.05) is 127 Å². The molecular weight excluding hydrogens is 665 g/mol. The molecule has 10 aromatic rings. The summed E-state index contributed by atoms with van der Waals surface area (Å²) in [5.41, 5.74) is 11.7. The third-order valence-electron chi connectivity index (χ3n) is 11.0. The van der Waals surface area contributed by atoms with Crippen LogP contribution in [0, 0.1) is 6.92 Å². The average Bonchev–Trinajstić information content (AvgIpc) is 3.57. The first-order chi connectivity index (χ1) is 25.6. The van der Waals surface area contributed by atoms with Gasteiger partial charge in [-0.05, 0) is 145 Å². The molecule has 0 nitrogen and oxygen atoms in total. The van der Waals surface area contributed by atoms with Crippen molar-refractivity contribution in [2.45, 2.75) is 23.1 Å². The Bertz CT molecular complexity index is 3050. The molecule has 0 fully saturated rings. The number of aryl methyl sites for hydroxylation is 1. The van der Waals surface area contributed by atoms with Gasteiger partial charge in [0, 0.05) is 30.0 Å². The van der Waals surface area contributed by atoms with Gasteiger partial charge in [-0.15, -0.1) is 11.3 Å². The van der Waals surface area contributed by atoms with E-state index in [2.05, 4.69) is 171 Å². The summed E-state index contributed by atoms with van der Waals surface area (Å²) >= 11 is 3.79. The molecule has 0 saturated heterocycles. The zero-order chi connectivity index (χ0) is 34.3. The molecule has 0 saturated carbocycles. The maximum absolute atomic E-state index is 2.43. The highest BCUT2D eigenvalue weighted by atomic mass is 32.2. The van der Waals surface area contributed by atoms with Crippen LogP contribution in [0.3, 0.4) is 0 Å². The minimum Gasteiger partial charge on any atom is -0.135 e. The van der Waals surface area contributed by atoms with Crippen LogP contribution in [-0.2, 0) is 6.42 Å². The fourth-order valence-electron chi connectivity index (χ4n) is 8.37. The molecule has 1 aliphatic heterocycles. The van der Waals surface area contributed by atoms with E-state index in [0.29, 0.717) is 0 Å². The highest BCUT2D eigenvalue weighted by Gasteiger charge is 2.19. The van der Waals surface area contributed by atoms with Crippen molar-refractivity contribution >= 4 is 75.6 Å². The van der Waals surface area contributed by atoms with Gasteiger partial charge in [-0.25, -0.2) is 0 Å². The normalized spacial score (nSPS) is 12.6. The molecule has 244 valence electrons. The van der Waals surface area contributed by atoms with Gasteiger partial charge in [-0.2, -0.15) is 0 Å². The van der Waals surface area contributed by atoms with Crippen molar-refractivity contribution in [2.24, 2.45) is 0 Å². The Kier molecular flexibility index (Phi) is 6.74. The van der Waals surface area contributed by atoms with E-state index >= 15 is 0 Å². The maximum atomic E-state index is 2.43. The summed E-state index contributed by atoms with van der Waals surface area (Å²) in [6, 6.07) is 61.6. The molecule has 0 N–H and O–H groups in total. The molecule has 0 aliphatic carbocycles. The van der Waals surface area contributed by atoms with Crippen LogP contribution in [0.2, 0.25) is 0 Å². The molecule has 0 radical (unpaired) electrons. The van der Waals surface area contributed by atoms with E-state index in [1.807, 2.05) is 23.1 Å². The van der Waals surface area contributed by atoms with Crippen LogP contribution in [0.1, 0.15) is 16.7 Å². The first-order valence-corrected chi connectivity index (χ1v) is 19.6. The Morgan fingerprint density at radius 1 is 0.346 bits per heavy atom. The Morgan fingerprint density at radius 2 is 0.788 bits per heavy atom. The van der Waals surface area contributed by atoms with Crippen molar-refractivity contribution in [3.63, 3.8) is 0 Å². The van der Waals surface area contributed by atoms with E-state index < -0.39 is 0 Å². The van der Waals surface area contributed by atoms with Crippen LogP contribution < -0.4 is 0 Å². The van der Waals surface area contributed by atoms with Crippen LogP contribution in [0.4, 0.5) is 0 Å². The average molecular weight is 697 g/mol. The predicted molar refractivity (Wildman–Crippen MR) is 226 cm³/mol. The lowest BCUT2D eigenvalue weighted by Crippen LogP contribution is -2.00. The lowest BCUT2D eigenvalue weighted by Gasteiger charge is -2.21. The summed E-state index contributed by atoms with van der Waals surface area (Å²) in [4.78, 5) is 2.72. The van der Waals surface area contributed by atoms with Gasteiger partial charge in [0.2, 0.25) is 0 Å². The first-order valence-electron chi connectivity index (χ1n) is 17.9. The Labute approximate surface area is 311 Å². The highest BCUT2D eigenvalue weighted by molar-refractivity contribution is 7.99. The third kappa shape index (κ3) is 4.83. The molecular formula is C50H32S2. The van der Waals surface area contributed by atoms with Gasteiger partial charge < -0.3 is 0 Å². The van der Waals surface area contributed by atoms with Crippen molar-refractivity contribution in [3.05, 3.63) is 180 Å². The van der Waals surface area contributed by atoms with Crippen LogP contribution in [0.5, 0.6) is 0 Å². The topological polar surface area (TPSA) is 0 Å². The molecule has 52 heavy (non-hydrogen) atoms. The number of fused-ring (bicyclic) bond motifs is 11. The number of hydrogen-bond acceptors (Lipinski definition) is 2. The molecule has 0 spiro atoms. The summed E-state index contributed by atoms with van der Waals surface area (Å²) in [7, 11) is 0. The standard InChI is InChI=1S/C50H32S2/c1-30-7-6-8-31(23-30)35-16-21-49-45(28-35)46-29-36(17-22-50(46)52-49)33-15-20-48-38(25-33)26-37-24-32(14-19-47(37)51-48)34-13-18-43-41-11-3-2-9-39(41)40-10-4-5-12-42(40)44(43)27-34/h2-25,27-29H,26H2,1H3. The monoisotopic (exact) mass is 696 g/mol. The number of hydrogen-bond donors (Lipinski definition) is 0. The molecule has 1 aliphatic rings. The van der Waals surface area contributed by atoms with Crippen molar-refractivity contribution in [1.82, 2.24) is 0 Å². The van der Waals surface area contributed by atoms with Crippen LogP contribution in [0.15, 0.2) is 174 Å². The molecule has 0 atom stereocenters. The molecule has 11 rings (SSSR count). The van der Waals surface area contributed by atoms with E-state index in [1.54, 1.807) is 0 Å². The second-order valence-electron chi connectivity index (χ2n) is 14.2. The van der Waals surface area contributed by atoms with E-state index in [0.717, 1.165) is 6.42 Å². The molecule has 0 amide bonds. The number of rotatable bonds is 3. The summed E-state index contributed by atoms with van der Waals surface area (Å²) in [5, 5.41) is 10.6. The molecule has 0 unspecified atom stereocenters. The van der Waals surface area contributed by atoms with Crippen molar-refractivity contribution in [2.75, 3.05) is 0 Å². The second-order valence-corrected chi connectivity index (χ2v) is 16.3. The highest BCUT2D eigenvalue weighted by Crippen LogP contribution is 2.44. The predicted octanol–water partition coefficient (Wildman–Crippen LogP) is 14.9. The number of thiophene rings is 1.